The first kappa shape index (κ1) is 21.6. The highest BCUT2D eigenvalue weighted by Crippen LogP contribution is 2.29. The smallest absolute Gasteiger partial charge is 0.337 e. The number of methoxy groups -OCH3 is 2. The quantitative estimate of drug-likeness (QED) is 0.301. The largest absolute Gasteiger partial charge is 0.493 e. The summed E-state index contributed by atoms with van der Waals surface area (Å²) >= 11 is 0. The number of carbonyl (C=O) groups excluding carboxylic acids is 2. The Labute approximate surface area is 180 Å². The normalized spacial score (nSPS) is 10.5. The predicted molar refractivity (Wildman–Crippen MR) is 116 cm³/mol. The van der Waals surface area contributed by atoms with Gasteiger partial charge in [0.05, 0.1) is 19.8 Å². The average molecular weight is 418 g/mol. The van der Waals surface area contributed by atoms with Gasteiger partial charge in [0.25, 0.3) is 0 Å². The van der Waals surface area contributed by atoms with Crippen LogP contribution in [0, 0.1) is 0 Å². The van der Waals surface area contributed by atoms with E-state index < -0.39 is 11.9 Å². The first-order valence-corrected chi connectivity index (χ1v) is 9.52. The minimum absolute atomic E-state index is 0.324. The van der Waals surface area contributed by atoms with Gasteiger partial charge in [-0.2, -0.15) is 0 Å². The minimum Gasteiger partial charge on any atom is -0.493 e. The maximum Gasteiger partial charge on any atom is 0.337 e. The zero-order valence-corrected chi connectivity index (χ0v) is 17.2. The number of esters is 2. The van der Waals surface area contributed by atoms with Crippen molar-refractivity contribution in [3.63, 3.8) is 0 Å². The molecule has 0 heterocycles. The maximum atomic E-state index is 12.1. The molecular formula is C25H22O6. The van der Waals surface area contributed by atoms with E-state index in [1.807, 2.05) is 36.4 Å². The summed E-state index contributed by atoms with van der Waals surface area (Å²) in [6, 6.07) is 21.3. The Balaban J connectivity index is 1.60. The molecule has 0 aliphatic carbocycles. The van der Waals surface area contributed by atoms with E-state index in [9.17, 15) is 9.59 Å². The third kappa shape index (κ3) is 6.21. The van der Waals surface area contributed by atoms with Gasteiger partial charge in [0.15, 0.2) is 11.5 Å². The molecule has 0 aliphatic rings. The average Bonchev–Trinajstić information content (AvgIpc) is 2.82. The second-order valence-corrected chi connectivity index (χ2v) is 6.45. The summed E-state index contributed by atoms with van der Waals surface area (Å²) in [4.78, 5) is 23.5. The molecular weight excluding hydrogens is 396 g/mol. The Morgan fingerprint density at radius 3 is 2.29 bits per heavy atom. The van der Waals surface area contributed by atoms with Crippen LogP contribution in [0.5, 0.6) is 17.2 Å². The van der Waals surface area contributed by atoms with Gasteiger partial charge in [-0.3, -0.25) is 0 Å². The van der Waals surface area contributed by atoms with Gasteiger partial charge >= 0.3 is 11.9 Å². The van der Waals surface area contributed by atoms with Crippen molar-refractivity contribution < 1.29 is 28.5 Å². The molecule has 158 valence electrons. The molecule has 0 fully saturated rings. The van der Waals surface area contributed by atoms with Crippen LogP contribution >= 0.6 is 0 Å². The Hall–Kier alpha value is -4.06. The first-order valence-electron chi connectivity index (χ1n) is 9.52. The molecule has 0 saturated heterocycles. The van der Waals surface area contributed by atoms with E-state index in [1.54, 1.807) is 25.3 Å². The predicted octanol–water partition coefficient (Wildman–Crippen LogP) is 4.68. The lowest BCUT2D eigenvalue weighted by Crippen LogP contribution is -2.05. The molecule has 0 bridgehead atoms. The zero-order valence-electron chi connectivity index (χ0n) is 17.2. The molecule has 31 heavy (non-hydrogen) atoms. The van der Waals surface area contributed by atoms with E-state index in [0.717, 1.165) is 11.1 Å². The molecule has 0 atom stereocenters. The summed E-state index contributed by atoms with van der Waals surface area (Å²) in [5.41, 5.74) is 2.18. The van der Waals surface area contributed by atoms with Crippen LogP contribution in [0.25, 0.3) is 6.08 Å². The standard InChI is InChI=1S/C25H22O6/c1-28-23-16-18(8-14-22(23)30-17-19-6-4-3-5-7-19)9-15-24(26)31-21-12-10-20(11-13-21)25(27)29-2/h3-16H,17H2,1-2H3/b15-9+. The van der Waals surface area contributed by atoms with Crippen molar-refractivity contribution in [3.05, 3.63) is 95.6 Å². The Morgan fingerprint density at radius 2 is 1.61 bits per heavy atom. The van der Waals surface area contributed by atoms with Crippen molar-refractivity contribution in [1.29, 1.82) is 0 Å². The number of benzene rings is 3. The molecule has 0 spiro atoms. The highest BCUT2D eigenvalue weighted by molar-refractivity contribution is 5.90. The Morgan fingerprint density at radius 1 is 0.871 bits per heavy atom. The fraction of sp³-hybridized carbons (Fsp3) is 0.120. The van der Waals surface area contributed by atoms with Gasteiger partial charge in [-0.05, 0) is 53.6 Å². The van der Waals surface area contributed by atoms with Crippen LogP contribution in [0.1, 0.15) is 21.5 Å². The van der Waals surface area contributed by atoms with Crippen molar-refractivity contribution in [3.8, 4) is 17.2 Å². The highest BCUT2D eigenvalue weighted by Gasteiger charge is 2.08. The van der Waals surface area contributed by atoms with Crippen LogP contribution in [-0.2, 0) is 16.1 Å². The summed E-state index contributed by atoms with van der Waals surface area (Å²) in [5.74, 6) is 0.489. The number of ether oxygens (including phenoxy) is 4. The van der Waals surface area contributed by atoms with E-state index >= 15 is 0 Å². The number of carbonyl (C=O) groups is 2. The number of rotatable bonds is 8. The summed E-state index contributed by atoms with van der Waals surface area (Å²) in [7, 11) is 2.86. The molecule has 6 heteroatoms. The zero-order chi connectivity index (χ0) is 22.1. The van der Waals surface area contributed by atoms with Crippen molar-refractivity contribution in [1.82, 2.24) is 0 Å². The topological polar surface area (TPSA) is 71.1 Å². The van der Waals surface area contributed by atoms with Gasteiger partial charge in [-0.15, -0.1) is 0 Å². The molecule has 0 unspecified atom stereocenters. The SMILES string of the molecule is COC(=O)c1ccc(OC(=O)/C=C/c2ccc(OCc3ccccc3)c(OC)c2)cc1. The number of hydrogen-bond acceptors (Lipinski definition) is 6. The van der Waals surface area contributed by atoms with E-state index in [-0.39, 0.29) is 0 Å². The van der Waals surface area contributed by atoms with E-state index in [1.165, 1.54) is 37.5 Å². The molecule has 0 radical (unpaired) electrons. The van der Waals surface area contributed by atoms with Gasteiger partial charge in [0, 0.05) is 6.08 Å². The fourth-order valence-corrected chi connectivity index (χ4v) is 2.73. The molecule has 3 aromatic carbocycles. The molecule has 0 N–H and O–H groups in total. The minimum atomic E-state index is -0.547. The third-order valence-corrected chi connectivity index (χ3v) is 4.33. The molecule has 3 rings (SSSR count). The monoisotopic (exact) mass is 418 g/mol. The van der Waals surface area contributed by atoms with Crippen LogP contribution in [0.4, 0.5) is 0 Å². The van der Waals surface area contributed by atoms with Gasteiger partial charge in [-0.1, -0.05) is 36.4 Å². The van der Waals surface area contributed by atoms with Crippen LogP contribution in [0.3, 0.4) is 0 Å². The lowest BCUT2D eigenvalue weighted by atomic mass is 10.2. The molecule has 6 nitrogen and oxygen atoms in total. The van der Waals surface area contributed by atoms with E-state index in [0.29, 0.717) is 29.4 Å². The van der Waals surface area contributed by atoms with Crippen molar-refractivity contribution in [2.24, 2.45) is 0 Å². The summed E-state index contributed by atoms with van der Waals surface area (Å²) in [6.45, 7) is 0.424. The fourth-order valence-electron chi connectivity index (χ4n) is 2.73. The van der Waals surface area contributed by atoms with Crippen molar-refractivity contribution in [2.45, 2.75) is 6.61 Å². The molecule has 0 aliphatic heterocycles. The van der Waals surface area contributed by atoms with Gasteiger partial charge < -0.3 is 18.9 Å². The summed E-state index contributed by atoms with van der Waals surface area (Å²) in [6.07, 6.45) is 2.93. The van der Waals surface area contributed by atoms with Gasteiger partial charge in [0.2, 0.25) is 0 Å². The molecule has 0 aromatic heterocycles. The van der Waals surface area contributed by atoms with Crippen LogP contribution in [0.2, 0.25) is 0 Å². The Kier molecular flexibility index (Phi) is 7.43. The van der Waals surface area contributed by atoms with Gasteiger partial charge in [-0.25, -0.2) is 9.59 Å². The highest BCUT2D eigenvalue weighted by atomic mass is 16.5. The molecule has 0 amide bonds. The second-order valence-electron chi connectivity index (χ2n) is 6.45. The van der Waals surface area contributed by atoms with E-state index in [4.69, 9.17) is 14.2 Å². The lowest BCUT2D eigenvalue weighted by Gasteiger charge is -2.11. The lowest BCUT2D eigenvalue weighted by molar-refractivity contribution is -0.128. The molecule has 3 aromatic rings. The van der Waals surface area contributed by atoms with Crippen molar-refractivity contribution >= 4 is 18.0 Å². The number of hydrogen-bond donors (Lipinski definition) is 0. The summed E-state index contributed by atoms with van der Waals surface area (Å²) < 4.78 is 21.1. The Bertz CT molecular complexity index is 1060. The molecule has 0 saturated carbocycles. The van der Waals surface area contributed by atoms with Gasteiger partial charge in [0.1, 0.15) is 12.4 Å². The maximum absolute atomic E-state index is 12.1. The second kappa shape index (κ2) is 10.6. The first-order chi connectivity index (χ1) is 15.1. The summed E-state index contributed by atoms with van der Waals surface area (Å²) in [5, 5.41) is 0. The third-order valence-electron chi connectivity index (χ3n) is 4.33. The van der Waals surface area contributed by atoms with Crippen LogP contribution in [0.15, 0.2) is 78.9 Å². The van der Waals surface area contributed by atoms with Crippen LogP contribution < -0.4 is 14.2 Å². The van der Waals surface area contributed by atoms with Crippen molar-refractivity contribution in [2.75, 3.05) is 14.2 Å². The van der Waals surface area contributed by atoms with Crippen LogP contribution in [-0.4, -0.2) is 26.2 Å². The van der Waals surface area contributed by atoms with E-state index in [2.05, 4.69) is 4.74 Å².